The fraction of sp³-hybridized carbons (Fsp3) is 0.500. The SMILES string of the molecule is CC(=O)c1ccc(NC(=O)N(C)[C@@H](CO)C(C)(C)C)cc1. The Labute approximate surface area is 126 Å². The van der Waals surface area contributed by atoms with Crippen molar-refractivity contribution in [2.24, 2.45) is 5.41 Å². The molecule has 0 fully saturated rings. The van der Waals surface area contributed by atoms with Gasteiger partial charge in [-0.05, 0) is 36.6 Å². The number of carbonyl (C=O) groups is 2. The van der Waals surface area contributed by atoms with E-state index in [1.165, 1.54) is 11.8 Å². The maximum atomic E-state index is 12.2. The molecular formula is C16H24N2O3. The Morgan fingerprint density at radius 2 is 1.76 bits per heavy atom. The molecule has 116 valence electrons. The van der Waals surface area contributed by atoms with Crippen molar-refractivity contribution in [3.8, 4) is 0 Å². The van der Waals surface area contributed by atoms with Gasteiger partial charge in [-0.15, -0.1) is 0 Å². The third-order valence-corrected chi connectivity index (χ3v) is 3.50. The lowest BCUT2D eigenvalue weighted by Gasteiger charge is -2.36. The van der Waals surface area contributed by atoms with E-state index in [9.17, 15) is 14.7 Å². The Balaban J connectivity index is 2.78. The molecule has 0 bridgehead atoms. The monoisotopic (exact) mass is 292 g/mol. The lowest BCUT2D eigenvalue weighted by Crippen LogP contribution is -2.48. The number of benzene rings is 1. The summed E-state index contributed by atoms with van der Waals surface area (Å²) in [6, 6.07) is 6.14. The lowest BCUT2D eigenvalue weighted by atomic mass is 9.86. The number of nitrogens with zero attached hydrogens (tertiary/aromatic N) is 1. The normalized spacial score (nSPS) is 12.7. The summed E-state index contributed by atoms with van der Waals surface area (Å²) in [6.45, 7) is 7.31. The van der Waals surface area contributed by atoms with Crippen LogP contribution in [0.15, 0.2) is 24.3 Å². The number of ketones is 1. The number of likely N-dealkylation sites (N-methyl/N-ethyl adjacent to an activating group) is 1. The zero-order valence-electron chi connectivity index (χ0n) is 13.3. The minimum Gasteiger partial charge on any atom is -0.394 e. The second-order valence-electron chi connectivity index (χ2n) is 6.24. The average Bonchev–Trinajstić information content (AvgIpc) is 2.38. The number of hydrogen-bond donors (Lipinski definition) is 2. The van der Waals surface area contributed by atoms with E-state index in [2.05, 4.69) is 5.32 Å². The largest absolute Gasteiger partial charge is 0.394 e. The van der Waals surface area contributed by atoms with Gasteiger partial charge in [0.15, 0.2) is 5.78 Å². The van der Waals surface area contributed by atoms with Crippen molar-refractivity contribution in [2.75, 3.05) is 19.0 Å². The number of urea groups is 1. The Morgan fingerprint density at radius 3 is 2.14 bits per heavy atom. The summed E-state index contributed by atoms with van der Waals surface area (Å²) in [5, 5.41) is 12.2. The molecule has 1 atom stereocenters. The molecule has 0 aliphatic carbocycles. The van der Waals surface area contributed by atoms with Gasteiger partial charge in [0, 0.05) is 18.3 Å². The Hall–Kier alpha value is -1.88. The van der Waals surface area contributed by atoms with Gasteiger partial charge in [-0.25, -0.2) is 4.79 Å². The van der Waals surface area contributed by atoms with Gasteiger partial charge < -0.3 is 15.3 Å². The van der Waals surface area contributed by atoms with E-state index in [0.717, 1.165) is 0 Å². The van der Waals surface area contributed by atoms with Crippen LogP contribution in [0.2, 0.25) is 0 Å². The molecule has 1 aromatic rings. The van der Waals surface area contributed by atoms with E-state index in [0.29, 0.717) is 11.3 Å². The third kappa shape index (κ3) is 4.56. The molecule has 0 saturated heterocycles. The van der Waals surface area contributed by atoms with Crippen molar-refractivity contribution in [3.63, 3.8) is 0 Å². The number of rotatable bonds is 4. The number of amides is 2. The van der Waals surface area contributed by atoms with Crippen LogP contribution in [0.4, 0.5) is 10.5 Å². The molecule has 1 aromatic carbocycles. The van der Waals surface area contributed by atoms with Crippen LogP contribution in [0.25, 0.3) is 0 Å². The number of anilines is 1. The first kappa shape index (κ1) is 17.2. The van der Waals surface area contributed by atoms with Crippen LogP contribution in [0.5, 0.6) is 0 Å². The van der Waals surface area contributed by atoms with Crippen LogP contribution in [0, 0.1) is 5.41 Å². The molecule has 5 nitrogen and oxygen atoms in total. The van der Waals surface area contributed by atoms with Crippen molar-refractivity contribution < 1.29 is 14.7 Å². The predicted molar refractivity (Wildman–Crippen MR) is 83.6 cm³/mol. The van der Waals surface area contributed by atoms with Crippen molar-refractivity contribution in [2.45, 2.75) is 33.7 Å². The second kappa shape index (κ2) is 6.72. The summed E-state index contributed by atoms with van der Waals surface area (Å²) in [4.78, 5) is 24.9. The quantitative estimate of drug-likeness (QED) is 0.838. The number of Topliss-reactive ketones (excluding diaryl/α,β-unsaturated/α-hetero) is 1. The molecule has 0 aliphatic heterocycles. The smallest absolute Gasteiger partial charge is 0.321 e. The van der Waals surface area contributed by atoms with Gasteiger partial charge in [0.1, 0.15) is 0 Å². The highest BCUT2D eigenvalue weighted by Crippen LogP contribution is 2.23. The summed E-state index contributed by atoms with van der Waals surface area (Å²) < 4.78 is 0. The Kier molecular flexibility index (Phi) is 5.49. The van der Waals surface area contributed by atoms with Gasteiger partial charge in [0.2, 0.25) is 0 Å². The third-order valence-electron chi connectivity index (χ3n) is 3.50. The first-order chi connectivity index (χ1) is 9.66. The lowest BCUT2D eigenvalue weighted by molar-refractivity contribution is 0.0886. The maximum Gasteiger partial charge on any atom is 0.321 e. The average molecular weight is 292 g/mol. The van der Waals surface area contributed by atoms with Gasteiger partial charge in [0.25, 0.3) is 0 Å². The van der Waals surface area contributed by atoms with Gasteiger partial charge in [-0.1, -0.05) is 20.8 Å². The number of carbonyl (C=O) groups excluding carboxylic acids is 2. The number of hydrogen-bond acceptors (Lipinski definition) is 3. The zero-order chi connectivity index (χ0) is 16.2. The summed E-state index contributed by atoms with van der Waals surface area (Å²) in [6.07, 6.45) is 0. The molecule has 0 aliphatic rings. The number of aliphatic hydroxyl groups excluding tert-OH is 1. The first-order valence-corrected chi connectivity index (χ1v) is 6.92. The minimum absolute atomic E-state index is 0.0157. The zero-order valence-corrected chi connectivity index (χ0v) is 13.3. The van der Waals surface area contributed by atoms with Crippen LogP contribution in [0.3, 0.4) is 0 Å². The molecule has 0 aromatic heterocycles. The van der Waals surface area contributed by atoms with Crippen LogP contribution in [-0.4, -0.2) is 41.5 Å². The van der Waals surface area contributed by atoms with Crippen molar-refractivity contribution in [1.29, 1.82) is 0 Å². The topological polar surface area (TPSA) is 69.6 Å². The second-order valence-corrected chi connectivity index (χ2v) is 6.24. The van der Waals surface area contributed by atoms with Crippen LogP contribution < -0.4 is 5.32 Å². The molecule has 1 rings (SSSR count). The van der Waals surface area contributed by atoms with Gasteiger partial charge in [-0.2, -0.15) is 0 Å². The van der Waals surface area contributed by atoms with E-state index < -0.39 is 0 Å². The molecule has 21 heavy (non-hydrogen) atoms. The molecule has 0 heterocycles. The molecule has 0 spiro atoms. The minimum atomic E-state index is -0.292. The molecular weight excluding hydrogens is 268 g/mol. The van der Waals surface area contributed by atoms with E-state index >= 15 is 0 Å². The van der Waals surface area contributed by atoms with Crippen molar-refractivity contribution in [3.05, 3.63) is 29.8 Å². The maximum absolute atomic E-state index is 12.2. The summed E-state index contributed by atoms with van der Waals surface area (Å²) >= 11 is 0. The fourth-order valence-corrected chi connectivity index (χ4v) is 2.12. The molecule has 2 amide bonds. The van der Waals surface area contributed by atoms with Crippen molar-refractivity contribution >= 4 is 17.5 Å². The predicted octanol–water partition coefficient (Wildman–Crippen LogP) is 2.76. The molecule has 0 saturated carbocycles. The first-order valence-electron chi connectivity index (χ1n) is 6.92. The summed E-state index contributed by atoms with van der Waals surface area (Å²) in [5.41, 5.74) is 0.992. The van der Waals surface area contributed by atoms with Gasteiger partial charge in [-0.3, -0.25) is 4.79 Å². The standard InChI is InChI=1S/C16H24N2O3/c1-11(20)12-6-8-13(9-7-12)17-15(21)18(5)14(10-19)16(2,3)4/h6-9,14,19H,10H2,1-5H3,(H,17,21)/t14-/m0/s1. The fourth-order valence-electron chi connectivity index (χ4n) is 2.12. The van der Waals surface area contributed by atoms with E-state index in [4.69, 9.17) is 0 Å². The van der Waals surface area contributed by atoms with E-state index in [1.807, 2.05) is 20.8 Å². The van der Waals surface area contributed by atoms with Gasteiger partial charge in [0.05, 0.1) is 12.6 Å². The summed E-state index contributed by atoms with van der Waals surface area (Å²) in [5.74, 6) is -0.0157. The summed E-state index contributed by atoms with van der Waals surface area (Å²) in [7, 11) is 1.66. The van der Waals surface area contributed by atoms with Crippen molar-refractivity contribution in [1.82, 2.24) is 4.90 Å². The highest BCUT2D eigenvalue weighted by Gasteiger charge is 2.30. The molecule has 0 unspecified atom stereocenters. The highest BCUT2D eigenvalue weighted by atomic mass is 16.3. The Morgan fingerprint density at radius 1 is 1.24 bits per heavy atom. The van der Waals surface area contributed by atoms with Crippen LogP contribution in [0.1, 0.15) is 38.1 Å². The Bertz CT molecular complexity index is 503. The highest BCUT2D eigenvalue weighted by molar-refractivity contribution is 5.95. The van der Waals surface area contributed by atoms with E-state index in [-0.39, 0.29) is 29.9 Å². The molecule has 0 radical (unpaired) electrons. The molecule has 5 heteroatoms. The molecule has 2 N–H and O–H groups in total. The number of nitrogens with one attached hydrogen (secondary N) is 1. The van der Waals surface area contributed by atoms with Gasteiger partial charge >= 0.3 is 6.03 Å². The number of aliphatic hydroxyl groups is 1. The van der Waals surface area contributed by atoms with Crippen LogP contribution >= 0.6 is 0 Å². The van der Waals surface area contributed by atoms with Crippen LogP contribution in [-0.2, 0) is 0 Å². The van der Waals surface area contributed by atoms with E-state index in [1.54, 1.807) is 31.3 Å².